The molecule has 1 aromatic rings. The SMILES string of the molecule is CCC(C#N)Oc1cc(OC)ccc1C=O. The molecule has 0 radical (unpaired) electrons. The highest BCUT2D eigenvalue weighted by Crippen LogP contribution is 2.24. The zero-order chi connectivity index (χ0) is 12.0. The summed E-state index contributed by atoms with van der Waals surface area (Å²) < 4.78 is 10.4. The summed E-state index contributed by atoms with van der Waals surface area (Å²) in [5, 5.41) is 8.78. The quantitative estimate of drug-likeness (QED) is 0.712. The Labute approximate surface area is 94.4 Å². The highest BCUT2D eigenvalue weighted by molar-refractivity contribution is 5.79. The van der Waals surface area contributed by atoms with E-state index in [9.17, 15) is 4.79 Å². The average Bonchev–Trinajstić information content (AvgIpc) is 2.35. The molecule has 1 unspecified atom stereocenters. The molecule has 0 spiro atoms. The third-order valence-electron chi connectivity index (χ3n) is 2.13. The molecule has 4 nitrogen and oxygen atoms in total. The fourth-order valence-electron chi connectivity index (χ4n) is 1.20. The molecule has 0 aliphatic rings. The lowest BCUT2D eigenvalue weighted by Crippen LogP contribution is -2.13. The Balaban J connectivity index is 3.00. The second-order valence-electron chi connectivity index (χ2n) is 3.17. The maximum Gasteiger partial charge on any atom is 0.184 e. The molecule has 4 heteroatoms. The molecule has 16 heavy (non-hydrogen) atoms. The summed E-state index contributed by atoms with van der Waals surface area (Å²) in [6.07, 6.45) is 0.705. The van der Waals surface area contributed by atoms with Gasteiger partial charge in [0.25, 0.3) is 0 Å². The Morgan fingerprint density at radius 1 is 1.56 bits per heavy atom. The van der Waals surface area contributed by atoms with E-state index in [0.717, 1.165) is 0 Å². The average molecular weight is 219 g/mol. The van der Waals surface area contributed by atoms with Crippen LogP contribution < -0.4 is 9.47 Å². The monoisotopic (exact) mass is 219 g/mol. The molecule has 1 atom stereocenters. The van der Waals surface area contributed by atoms with Gasteiger partial charge in [-0.25, -0.2) is 0 Å². The molecule has 1 aromatic carbocycles. The Kier molecular flexibility index (Phi) is 4.34. The number of nitriles is 1. The molecule has 0 fully saturated rings. The van der Waals surface area contributed by atoms with Gasteiger partial charge in [-0.05, 0) is 18.6 Å². The molecule has 0 aliphatic carbocycles. The summed E-state index contributed by atoms with van der Waals surface area (Å²) in [4.78, 5) is 10.8. The van der Waals surface area contributed by atoms with Crippen LogP contribution in [0.15, 0.2) is 18.2 Å². The summed E-state index contributed by atoms with van der Waals surface area (Å²) in [5.74, 6) is 0.969. The van der Waals surface area contributed by atoms with E-state index in [0.29, 0.717) is 29.8 Å². The number of hydrogen-bond donors (Lipinski definition) is 0. The van der Waals surface area contributed by atoms with Gasteiger partial charge in [-0.15, -0.1) is 0 Å². The van der Waals surface area contributed by atoms with E-state index in [1.807, 2.05) is 13.0 Å². The van der Waals surface area contributed by atoms with Crippen LogP contribution in [0.5, 0.6) is 11.5 Å². The molecule has 0 amide bonds. The van der Waals surface area contributed by atoms with Gasteiger partial charge in [0.1, 0.15) is 17.6 Å². The lowest BCUT2D eigenvalue weighted by molar-refractivity contribution is 0.111. The van der Waals surface area contributed by atoms with Crippen LogP contribution in [-0.4, -0.2) is 19.5 Å². The van der Waals surface area contributed by atoms with Crippen molar-refractivity contribution in [2.24, 2.45) is 0 Å². The van der Waals surface area contributed by atoms with E-state index >= 15 is 0 Å². The first-order valence-corrected chi connectivity index (χ1v) is 4.94. The van der Waals surface area contributed by atoms with Crippen LogP contribution in [0.1, 0.15) is 23.7 Å². The Morgan fingerprint density at radius 2 is 2.31 bits per heavy atom. The van der Waals surface area contributed by atoms with Crippen molar-refractivity contribution >= 4 is 6.29 Å². The summed E-state index contributed by atoms with van der Waals surface area (Å²) in [5.41, 5.74) is 0.412. The summed E-state index contributed by atoms with van der Waals surface area (Å²) >= 11 is 0. The second-order valence-corrected chi connectivity index (χ2v) is 3.17. The molecule has 0 saturated carbocycles. The highest BCUT2D eigenvalue weighted by atomic mass is 16.5. The van der Waals surface area contributed by atoms with Gasteiger partial charge in [-0.2, -0.15) is 5.26 Å². The Bertz CT molecular complexity index is 409. The van der Waals surface area contributed by atoms with Crippen LogP contribution in [0.25, 0.3) is 0 Å². The van der Waals surface area contributed by atoms with Crippen LogP contribution in [0.4, 0.5) is 0 Å². The number of benzene rings is 1. The van der Waals surface area contributed by atoms with E-state index in [1.54, 1.807) is 18.2 Å². The van der Waals surface area contributed by atoms with Gasteiger partial charge in [0.2, 0.25) is 0 Å². The van der Waals surface area contributed by atoms with Crippen LogP contribution in [0.3, 0.4) is 0 Å². The van der Waals surface area contributed by atoms with Crippen molar-refractivity contribution in [1.82, 2.24) is 0 Å². The van der Waals surface area contributed by atoms with Gasteiger partial charge < -0.3 is 9.47 Å². The van der Waals surface area contributed by atoms with Gasteiger partial charge in [-0.3, -0.25) is 4.79 Å². The Morgan fingerprint density at radius 3 is 2.81 bits per heavy atom. The maximum atomic E-state index is 10.8. The summed E-state index contributed by atoms with van der Waals surface area (Å²) in [7, 11) is 1.53. The third-order valence-corrected chi connectivity index (χ3v) is 2.13. The molecular formula is C12H13NO3. The maximum absolute atomic E-state index is 10.8. The summed E-state index contributed by atoms with van der Waals surface area (Å²) in [6, 6.07) is 6.88. The van der Waals surface area contributed by atoms with Crippen molar-refractivity contribution in [2.75, 3.05) is 7.11 Å². The van der Waals surface area contributed by atoms with Crippen LogP contribution in [-0.2, 0) is 0 Å². The molecule has 0 aromatic heterocycles. The standard InChI is InChI=1S/C12H13NO3/c1-3-10(7-13)16-12-6-11(15-2)5-4-9(12)8-14/h4-6,8,10H,3H2,1-2H3. The number of methoxy groups -OCH3 is 1. The lowest BCUT2D eigenvalue weighted by atomic mass is 10.2. The minimum absolute atomic E-state index is 0.378. The molecule has 0 N–H and O–H groups in total. The first kappa shape index (κ1) is 12.1. The van der Waals surface area contributed by atoms with Gasteiger partial charge in [0.05, 0.1) is 12.7 Å². The normalized spacial score (nSPS) is 11.3. The fourth-order valence-corrected chi connectivity index (χ4v) is 1.20. The van der Waals surface area contributed by atoms with Crippen molar-refractivity contribution in [3.63, 3.8) is 0 Å². The van der Waals surface area contributed by atoms with Crippen molar-refractivity contribution in [3.8, 4) is 17.6 Å². The van der Waals surface area contributed by atoms with Gasteiger partial charge in [-0.1, -0.05) is 6.92 Å². The van der Waals surface area contributed by atoms with E-state index in [1.165, 1.54) is 7.11 Å². The van der Waals surface area contributed by atoms with Crippen molar-refractivity contribution in [1.29, 1.82) is 5.26 Å². The van der Waals surface area contributed by atoms with E-state index < -0.39 is 6.10 Å². The van der Waals surface area contributed by atoms with Crippen LogP contribution in [0, 0.1) is 11.3 Å². The van der Waals surface area contributed by atoms with Crippen molar-refractivity contribution in [3.05, 3.63) is 23.8 Å². The minimum atomic E-state index is -0.550. The molecule has 0 aliphatic heterocycles. The van der Waals surface area contributed by atoms with Gasteiger partial charge in [0.15, 0.2) is 12.4 Å². The summed E-state index contributed by atoms with van der Waals surface area (Å²) in [6.45, 7) is 1.84. The second kappa shape index (κ2) is 5.76. The molecule has 0 bridgehead atoms. The number of hydrogen-bond acceptors (Lipinski definition) is 4. The Hall–Kier alpha value is -2.02. The minimum Gasteiger partial charge on any atom is -0.497 e. The predicted molar refractivity (Wildman–Crippen MR) is 58.7 cm³/mol. The number of ether oxygens (including phenoxy) is 2. The van der Waals surface area contributed by atoms with E-state index in [4.69, 9.17) is 14.7 Å². The zero-order valence-corrected chi connectivity index (χ0v) is 9.27. The number of carbonyl (C=O) groups is 1. The topological polar surface area (TPSA) is 59.3 Å². The first-order valence-electron chi connectivity index (χ1n) is 4.94. The van der Waals surface area contributed by atoms with Crippen LogP contribution in [0.2, 0.25) is 0 Å². The highest BCUT2D eigenvalue weighted by Gasteiger charge is 2.10. The largest absolute Gasteiger partial charge is 0.497 e. The first-order chi connectivity index (χ1) is 7.74. The number of nitrogens with zero attached hydrogens (tertiary/aromatic N) is 1. The van der Waals surface area contributed by atoms with Gasteiger partial charge >= 0.3 is 0 Å². The fraction of sp³-hybridized carbons (Fsp3) is 0.333. The lowest BCUT2D eigenvalue weighted by Gasteiger charge is -2.12. The number of carbonyl (C=O) groups excluding carboxylic acids is 1. The van der Waals surface area contributed by atoms with E-state index in [2.05, 4.69) is 0 Å². The third kappa shape index (κ3) is 2.74. The molecule has 0 heterocycles. The molecule has 0 saturated heterocycles. The van der Waals surface area contributed by atoms with Crippen LogP contribution >= 0.6 is 0 Å². The number of aldehydes is 1. The molecular weight excluding hydrogens is 206 g/mol. The van der Waals surface area contributed by atoms with Gasteiger partial charge in [0, 0.05) is 6.07 Å². The smallest absolute Gasteiger partial charge is 0.184 e. The zero-order valence-electron chi connectivity index (χ0n) is 9.27. The van der Waals surface area contributed by atoms with Crippen molar-refractivity contribution < 1.29 is 14.3 Å². The number of rotatable bonds is 5. The van der Waals surface area contributed by atoms with E-state index in [-0.39, 0.29) is 0 Å². The molecule has 84 valence electrons. The molecule has 1 rings (SSSR count). The van der Waals surface area contributed by atoms with Crippen molar-refractivity contribution in [2.45, 2.75) is 19.4 Å². The predicted octanol–water partition coefficient (Wildman–Crippen LogP) is 2.19.